The molecular weight excluding hydrogens is 528 g/mol. The summed E-state index contributed by atoms with van der Waals surface area (Å²) in [6.45, 7) is 1.38. The van der Waals surface area contributed by atoms with Gasteiger partial charge in [-0.3, -0.25) is 14.3 Å². The predicted molar refractivity (Wildman–Crippen MR) is 150 cm³/mol. The normalized spacial score (nSPS) is 20.6. The third-order valence-corrected chi connectivity index (χ3v) is 7.39. The summed E-state index contributed by atoms with van der Waals surface area (Å²) in [4.78, 5) is 26.6. The van der Waals surface area contributed by atoms with Crippen LogP contribution in [0.2, 0.25) is 0 Å². The number of nitrogens with one attached hydrogen (secondary N) is 1. The molecule has 4 aromatic rings. The van der Waals surface area contributed by atoms with Gasteiger partial charge in [0.05, 0.1) is 20.8 Å². The number of aliphatic hydroxyl groups is 2. The van der Waals surface area contributed by atoms with Crippen LogP contribution >= 0.6 is 0 Å². The van der Waals surface area contributed by atoms with Gasteiger partial charge in [0.2, 0.25) is 0 Å². The van der Waals surface area contributed by atoms with E-state index in [1.807, 2.05) is 78.9 Å². The van der Waals surface area contributed by atoms with E-state index in [0.717, 1.165) is 21.3 Å². The smallest absolute Gasteiger partial charge is 0.330 e. The largest absolute Gasteiger partial charge is 0.497 e. The molecule has 0 radical (unpaired) electrons. The Morgan fingerprint density at radius 1 is 0.829 bits per heavy atom. The number of H-pyrrole nitrogens is 1. The van der Waals surface area contributed by atoms with E-state index in [0.29, 0.717) is 11.5 Å². The standard InChI is InChI=1S/C31H32N2O8/c1-19-17-33(30(37)32-28(19)36)29-27(35)26(34)25(41-29)18-40-31(20-7-5-4-6-8-20,21-9-13-23(38-2)14-10-21)22-11-15-24(39-3)16-12-22/h4-17,25-27,29,34-35H,18H2,1-3H3,(H,32,36,37)/t25-,26?,27?,29-/m0/s1. The lowest BCUT2D eigenvalue weighted by molar-refractivity contribution is -0.0959. The molecule has 1 saturated heterocycles. The van der Waals surface area contributed by atoms with E-state index in [4.69, 9.17) is 18.9 Å². The van der Waals surface area contributed by atoms with Crippen molar-refractivity contribution in [3.05, 3.63) is 128 Å². The third kappa shape index (κ3) is 5.30. The van der Waals surface area contributed by atoms with Crippen LogP contribution in [0.1, 0.15) is 28.5 Å². The molecule has 10 heteroatoms. The van der Waals surface area contributed by atoms with E-state index < -0.39 is 41.4 Å². The number of ether oxygens (including phenoxy) is 4. The first kappa shape index (κ1) is 28.3. The lowest BCUT2D eigenvalue weighted by Crippen LogP contribution is -2.40. The van der Waals surface area contributed by atoms with Crippen molar-refractivity contribution in [1.29, 1.82) is 0 Å². The zero-order chi connectivity index (χ0) is 29.1. The molecule has 3 aromatic carbocycles. The van der Waals surface area contributed by atoms with Crippen molar-refractivity contribution in [3.63, 3.8) is 0 Å². The van der Waals surface area contributed by atoms with Crippen LogP contribution in [0.25, 0.3) is 0 Å². The average Bonchev–Trinajstić information content (AvgIpc) is 3.29. The quantitative estimate of drug-likeness (QED) is 0.266. The summed E-state index contributed by atoms with van der Waals surface area (Å²) >= 11 is 0. The number of hydrogen-bond donors (Lipinski definition) is 3. The molecule has 1 aromatic heterocycles. The summed E-state index contributed by atoms with van der Waals surface area (Å²) in [5.41, 5.74) is 0.180. The summed E-state index contributed by atoms with van der Waals surface area (Å²) in [5.74, 6) is 1.35. The second-order valence-corrected chi connectivity index (χ2v) is 9.84. The molecule has 3 N–H and O–H groups in total. The molecule has 5 rings (SSSR count). The Balaban J connectivity index is 1.56. The Labute approximate surface area is 236 Å². The molecule has 2 unspecified atom stereocenters. The molecule has 1 fully saturated rings. The minimum Gasteiger partial charge on any atom is -0.497 e. The summed E-state index contributed by atoms with van der Waals surface area (Å²) in [5, 5.41) is 21.8. The highest BCUT2D eigenvalue weighted by Gasteiger charge is 2.46. The minimum atomic E-state index is -1.44. The van der Waals surface area contributed by atoms with E-state index in [9.17, 15) is 19.8 Å². The molecule has 0 amide bonds. The van der Waals surface area contributed by atoms with Crippen LogP contribution in [0.4, 0.5) is 0 Å². The van der Waals surface area contributed by atoms with Gasteiger partial charge in [0, 0.05) is 11.8 Å². The van der Waals surface area contributed by atoms with Gasteiger partial charge >= 0.3 is 5.69 Å². The van der Waals surface area contributed by atoms with Crippen molar-refractivity contribution >= 4 is 0 Å². The van der Waals surface area contributed by atoms with Gasteiger partial charge in [-0.1, -0.05) is 54.6 Å². The molecular formula is C31H32N2O8. The molecule has 4 atom stereocenters. The fourth-order valence-electron chi connectivity index (χ4n) is 5.15. The summed E-state index contributed by atoms with van der Waals surface area (Å²) in [6, 6.07) is 24.6. The number of aryl methyl sites for hydroxylation is 1. The number of aromatic amines is 1. The van der Waals surface area contributed by atoms with Crippen LogP contribution in [0.15, 0.2) is 94.6 Å². The van der Waals surface area contributed by atoms with Crippen molar-refractivity contribution < 1.29 is 29.2 Å². The Morgan fingerprint density at radius 3 is 1.90 bits per heavy atom. The van der Waals surface area contributed by atoms with Crippen LogP contribution in [0.5, 0.6) is 11.5 Å². The molecule has 0 aliphatic carbocycles. The van der Waals surface area contributed by atoms with Crippen molar-refractivity contribution in [2.45, 2.75) is 37.1 Å². The summed E-state index contributed by atoms with van der Waals surface area (Å²) in [6.07, 6.45) is -3.75. The van der Waals surface area contributed by atoms with E-state index in [1.165, 1.54) is 13.1 Å². The van der Waals surface area contributed by atoms with Gasteiger partial charge in [-0.05, 0) is 47.9 Å². The molecule has 1 aliphatic rings. The van der Waals surface area contributed by atoms with Crippen LogP contribution in [0, 0.1) is 6.92 Å². The Hall–Kier alpha value is -4.22. The number of rotatable bonds is 9. The van der Waals surface area contributed by atoms with Gasteiger partial charge in [-0.25, -0.2) is 4.79 Å². The van der Waals surface area contributed by atoms with Crippen molar-refractivity contribution in [3.8, 4) is 11.5 Å². The molecule has 10 nitrogen and oxygen atoms in total. The maximum absolute atomic E-state index is 12.5. The first-order valence-corrected chi connectivity index (χ1v) is 13.1. The monoisotopic (exact) mass is 560 g/mol. The predicted octanol–water partition coefficient (Wildman–Crippen LogP) is 2.49. The third-order valence-electron chi connectivity index (χ3n) is 7.39. The SMILES string of the molecule is COc1ccc(C(OC[C@@H]2O[C@H](n3cc(C)c(=O)[nH]c3=O)C(O)C2O)(c2ccccc2)c2ccc(OC)cc2)cc1. The second-order valence-electron chi connectivity index (χ2n) is 9.84. The van der Waals surface area contributed by atoms with Gasteiger partial charge < -0.3 is 29.2 Å². The number of nitrogens with zero attached hydrogens (tertiary/aromatic N) is 1. The number of methoxy groups -OCH3 is 2. The fourth-order valence-corrected chi connectivity index (χ4v) is 5.15. The zero-order valence-electron chi connectivity index (χ0n) is 22.9. The zero-order valence-corrected chi connectivity index (χ0v) is 22.9. The van der Waals surface area contributed by atoms with Crippen molar-refractivity contribution in [2.24, 2.45) is 0 Å². The molecule has 41 heavy (non-hydrogen) atoms. The highest BCUT2D eigenvalue weighted by molar-refractivity contribution is 5.49. The number of aromatic nitrogens is 2. The first-order valence-electron chi connectivity index (χ1n) is 13.1. The summed E-state index contributed by atoms with van der Waals surface area (Å²) < 4.78 is 24.6. The maximum Gasteiger partial charge on any atom is 0.330 e. The van der Waals surface area contributed by atoms with Crippen LogP contribution in [-0.4, -0.2) is 58.9 Å². The average molecular weight is 561 g/mol. The number of hydrogen-bond acceptors (Lipinski definition) is 8. The van der Waals surface area contributed by atoms with Gasteiger partial charge in [0.15, 0.2) is 6.23 Å². The number of aliphatic hydroxyl groups excluding tert-OH is 2. The second kappa shape index (κ2) is 11.7. The molecule has 0 bridgehead atoms. The van der Waals surface area contributed by atoms with Gasteiger partial charge in [0.1, 0.15) is 35.4 Å². The van der Waals surface area contributed by atoms with E-state index in [2.05, 4.69) is 4.98 Å². The topological polar surface area (TPSA) is 132 Å². The van der Waals surface area contributed by atoms with Gasteiger partial charge in [-0.15, -0.1) is 0 Å². The molecule has 1 aliphatic heterocycles. The first-order chi connectivity index (χ1) is 19.8. The van der Waals surface area contributed by atoms with Gasteiger partial charge in [-0.2, -0.15) is 0 Å². The molecule has 214 valence electrons. The summed E-state index contributed by atoms with van der Waals surface area (Å²) in [7, 11) is 3.18. The lowest BCUT2D eigenvalue weighted by Gasteiger charge is -2.37. The number of benzene rings is 3. The van der Waals surface area contributed by atoms with E-state index in [1.54, 1.807) is 14.2 Å². The van der Waals surface area contributed by atoms with Crippen LogP contribution < -0.4 is 20.7 Å². The van der Waals surface area contributed by atoms with Crippen molar-refractivity contribution in [1.82, 2.24) is 9.55 Å². The Bertz CT molecular complexity index is 1530. The van der Waals surface area contributed by atoms with Gasteiger partial charge in [0.25, 0.3) is 5.56 Å². The maximum atomic E-state index is 12.5. The van der Waals surface area contributed by atoms with E-state index in [-0.39, 0.29) is 12.2 Å². The Kier molecular flexibility index (Phi) is 8.09. The Morgan fingerprint density at radius 2 is 1.37 bits per heavy atom. The van der Waals surface area contributed by atoms with Crippen LogP contribution in [-0.2, 0) is 15.1 Å². The van der Waals surface area contributed by atoms with Crippen LogP contribution in [0.3, 0.4) is 0 Å². The fraction of sp³-hybridized carbons (Fsp3) is 0.290. The highest BCUT2D eigenvalue weighted by atomic mass is 16.6. The molecule has 0 spiro atoms. The molecule has 0 saturated carbocycles. The van der Waals surface area contributed by atoms with E-state index >= 15 is 0 Å². The lowest BCUT2D eigenvalue weighted by atomic mass is 9.80. The minimum absolute atomic E-state index is 0.154. The van der Waals surface area contributed by atoms with Crippen molar-refractivity contribution in [2.75, 3.05) is 20.8 Å². The molecule has 2 heterocycles. The highest BCUT2D eigenvalue weighted by Crippen LogP contribution is 2.42.